The summed E-state index contributed by atoms with van der Waals surface area (Å²) >= 11 is 0. The summed E-state index contributed by atoms with van der Waals surface area (Å²) in [5, 5.41) is 20.8. The molecule has 17 heteroatoms. The van der Waals surface area contributed by atoms with Gasteiger partial charge in [0.1, 0.15) is 0 Å². The van der Waals surface area contributed by atoms with Crippen molar-refractivity contribution in [3.8, 4) is 0 Å². The molecule has 0 spiro atoms. The van der Waals surface area contributed by atoms with Crippen LogP contribution in [-0.2, 0) is 43.5 Å². The summed E-state index contributed by atoms with van der Waals surface area (Å²) in [5.74, 6) is -0.921. The number of aromatic nitrogens is 4. The molecule has 48 heavy (non-hydrogen) atoms. The number of rotatable bonds is 12. The highest BCUT2D eigenvalue weighted by Crippen LogP contribution is 2.39. The maximum Gasteiger partial charge on any atom is 0.416 e. The Hall–Kier alpha value is -4.05. The molecule has 4 rings (SSSR count). The third-order valence-electron chi connectivity index (χ3n) is 8.31. The number of tetrazole rings is 1. The van der Waals surface area contributed by atoms with Crippen molar-refractivity contribution in [1.82, 2.24) is 20.2 Å². The first-order valence-corrected chi connectivity index (χ1v) is 15.3. The van der Waals surface area contributed by atoms with E-state index in [2.05, 4.69) is 15.4 Å². The maximum absolute atomic E-state index is 14.0. The van der Waals surface area contributed by atoms with E-state index in [1.165, 1.54) is 18.0 Å². The van der Waals surface area contributed by atoms with Gasteiger partial charge in [0.15, 0.2) is 0 Å². The predicted molar refractivity (Wildman–Crippen MR) is 157 cm³/mol. The van der Waals surface area contributed by atoms with Crippen LogP contribution in [0, 0.1) is 11.8 Å². The molecule has 1 aromatic heterocycles. The molecule has 3 aromatic rings. The topological polar surface area (TPSA) is 87.4 Å². The fourth-order valence-electron chi connectivity index (χ4n) is 6.09. The van der Waals surface area contributed by atoms with Crippen LogP contribution < -0.4 is 9.80 Å². The first-order chi connectivity index (χ1) is 22.3. The van der Waals surface area contributed by atoms with Crippen LogP contribution >= 0.6 is 0 Å². The van der Waals surface area contributed by atoms with E-state index in [9.17, 15) is 44.3 Å². The van der Waals surface area contributed by atoms with Crippen molar-refractivity contribution in [3.05, 3.63) is 64.2 Å². The van der Waals surface area contributed by atoms with Crippen molar-refractivity contribution in [1.29, 1.82) is 0 Å². The second-order valence-corrected chi connectivity index (χ2v) is 12.1. The van der Waals surface area contributed by atoms with Crippen LogP contribution in [0.25, 0.3) is 0 Å². The van der Waals surface area contributed by atoms with Crippen molar-refractivity contribution in [2.24, 2.45) is 18.9 Å². The molecule has 8 nitrogen and oxygen atoms in total. The zero-order valence-electron chi connectivity index (χ0n) is 26.1. The smallest absolute Gasteiger partial charge is 0.416 e. The van der Waals surface area contributed by atoms with Gasteiger partial charge in [-0.25, -0.2) is 0 Å². The Morgan fingerprint density at radius 3 is 1.92 bits per heavy atom. The third kappa shape index (κ3) is 9.75. The SMILES string of the molecule is CCCN(CC1CCC(CC(=O)O)CC1)c1ccc(C(F)(F)F)cc1CN(Cc1cc(C(F)(F)F)cc(C(F)(F)F)c1)c1nnn(C)n1. The Morgan fingerprint density at radius 1 is 0.833 bits per heavy atom. The van der Waals surface area contributed by atoms with Crippen LogP contribution in [0.2, 0.25) is 0 Å². The van der Waals surface area contributed by atoms with Crippen molar-refractivity contribution >= 4 is 17.6 Å². The zero-order chi connectivity index (χ0) is 35.4. The number of hydrogen-bond donors (Lipinski definition) is 1. The van der Waals surface area contributed by atoms with Crippen LogP contribution in [0.5, 0.6) is 0 Å². The molecular weight excluding hydrogens is 659 g/mol. The summed E-state index contributed by atoms with van der Waals surface area (Å²) in [6.07, 6.45) is -11.4. The van der Waals surface area contributed by atoms with E-state index in [0.29, 0.717) is 50.2 Å². The lowest BCUT2D eigenvalue weighted by Crippen LogP contribution is -2.34. The summed E-state index contributed by atoms with van der Waals surface area (Å²) in [4.78, 5) is 15.3. The Labute approximate surface area is 270 Å². The van der Waals surface area contributed by atoms with Crippen molar-refractivity contribution in [3.63, 3.8) is 0 Å². The molecule has 264 valence electrons. The Balaban J connectivity index is 1.74. The van der Waals surface area contributed by atoms with Crippen molar-refractivity contribution in [2.75, 3.05) is 22.9 Å². The number of carboxylic acid groups (broad SMARTS) is 1. The number of aliphatic carboxylic acids is 1. The average molecular weight is 695 g/mol. The molecule has 1 saturated carbocycles. The van der Waals surface area contributed by atoms with Gasteiger partial charge >= 0.3 is 24.5 Å². The third-order valence-corrected chi connectivity index (χ3v) is 8.31. The molecule has 1 N–H and O–H groups in total. The van der Waals surface area contributed by atoms with Crippen LogP contribution in [0.3, 0.4) is 0 Å². The van der Waals surface area contributed by atoms with E-state index in [1.54, 1.807) is 0 Å². The predicted octanol–water partition coefficient (Wildman–Crippen LogP) is 7.97. The minimum Gasteiger partial charge on any atom is -0.481 e. The maximum atomic E-state index is 14.0. The largest absolute Gasteiger partial charge is 0.481 e. The van der Waals surface area contributed by atoms with Crippen molar-refractivity contribution in [2.45, 2.75) is 77.1 Å². The number of nitrogens with zero attached hydrogens (tertiary/aromatic N) is 6. The first-order valence-electron chi connectivity index (χ1n) is 15.3. The number of halogens is 9. The Morgan fingerprint density at radius 2 is 1.42 bits per heavy atom. The van der Waals surface area contributed by atoms with Crippen LogP contribution in [0.1, 0.15) is 73.3 Å². The van der Waals surface area contributed by atoms with E-state index in [0.717, 1.165) is 29.8 Å². The van der Waals surface area contributed by atoms with Gasteiger partial charge in [0.25, 0.3) is 5.95 Å². The molecule has 2 aromatic carbocycles. The minimum absolute atomic E-state index is 0.00289. The van der Waals surface area contributed by atoms with Gasteiger partial charge in [0, 0.05) is 38.3 Å². The van der Waals surface area contributed by atoms with Gasteiger partial charge in [-0.05, 0) is 96.7 Å². The molecule has 1 fully saturated rings. The number of aryl methyl sites for hydroxylation is 1. The molecule has 0 bridgehead atoms. The minimum atomic E-state index is -5.10. The number of alkyl halides is 9. The fraction of sp³-hybridized carbons (Fsp3) is 0.548. The molecule has 0 aliphatic heterocycles. The highest BCUT2D eigenvalue weighted by Gasteiger charge is 2.37. The number of carboxylic acids is 1. The van der Waals surface area contributed by atoms with Gasteiger partial charge < -0.3 is 14.9 Å². The van der Waals surface area contributed by atoms with Crippen LogP contribution in [0.4, 0.5) is 51.1 Å². The standard InChI is InChI=1S/C31H35F9N6O2/c1-3-10-45(16-20-6-4-19(5-7-20)13-27(47)48)26-9-8-23(29(32,33)34)14-22(26)18-46(28-41-43-44(2)42-28)17-21-11-24(30(35,36)37)15-25(12-21)31(38,39)40/h8-9,11-12,14-15,19-20H,3-7,10,13,16-18H2,1-2H3,(H,47,48). The highest BCUT2D eigenvalue weighted by atomic mass is 19.4. The monoisotopic (exact) mass is 694 g/mol. The lowest BCUT2D eigenvalue weighted by molar-refractivity contribution is -0.143. The van der Waals surface area contributed by atoms with Gasteiger partial charge in [0.05, 0.1) is 23.7 Å². The Kier molecular flexibility index (Phi) is 11.2. The summed E-state index contributed by atoms with van der Waals surface area (Å²) in [7, 11) is 1.38. The van der Waals surface area contributed by atoms with Gasteiger partial charge in [0.2, 0.25) is 0 Å². The first kappa shape index (κ1) is 36.8. The summed E-state index contributed by atoms with van der Waals surface area (Å²) in [6.45, 7) is 1.77. The summed E-state index contributed by atoms with van der Waals surface area (Å²) in [5.41, 5.74) is -3.96. The van der Waals surface area contributed by atoms with Crippen molar-refractivity contribution < 1.29 is 49.4 Å². The van der Waals surface area contributed by atoms with Gasteiger partial charge in [-0.3, -0.25) is 4.79 Å². The molecule has 0 atom stereocenters. The quantitative estimate of drug-likeness (QED) is 0.193. The summed E-state index contributed by atoms with van der Waals surface area (Å²) < 4.78 is 124. The van der Waals surface area contributed by atoms with E-state index in [4.69, 9.17) is 5.11 Å². The second-order valence-electron chi connectivity index (χ2n) is 12.1. The van der Waals surface area contributed by atoms with Crippen LogP contribution in [-0.4, -0.2) is 44.4 Å². The molecule has 0 amide bonds. The zero-order valence-corrected chi connectivity index (χ0v) is 26.1. The van der Waals surface area contributed by atoms with Gasteiger partial charge in [-0.2, -0.15) is 44.3 Å². The molecule has 0 unspecified atom stereocenters. The normalized spacial score (nSPS) is 17.4. The highest BCUT2D eigenvalue weighted by molar-refractivity contribution is 5.67. The van der Waals surface area contributed by atoms with Crippen LogP contribution in [0.15, 0.2) is 36.4 Å². The molecule has 0 radical (unpaired) electrons. The van der Waals surface area contributed by atoms with Gasteiger partial charge in [-0.1, -0.05) is 12.0 Å². The van der Waals surface area contributed by atoms with E-state index in [-0.39, 0.29) is 35.8 Å². The lowest BCUT2D eigenvalue weighted by Gasteiger charge is -2.35. The molecule has 1 aliphatic rings. The summed E-state index contributed by atoms with van der Waals surface area (Å²) in [6, 6.07) is 4.26. The molecule has 1 aliphatic carbocycles. The molecule has 1 heterocycles. The number of anilines is 2. The van der Waals surface area contributed by atoms with Gasteiger partial charge in [-0.15, -0.1) is 5.10 Å². The average Bonchev–Trinajstić information content (AvgIpc) is 3.42. The Bertz CT molecular complexity index is 1510. The number of carbonyl (C=O) groups is 1. The molecular formula is C31H35F9N6O2. The van der Waals surface area contributed by atoms with E-state index in [1.807, 2.05) is 11.8 Å². The second kappa shape index (κ2) is 14.6. The fourth-order valence-corrected chi connectivity index (χ4v) is 6.09. The van der Waals surface area contributed by atoms with E-state index >= 15 is 0 Å². The lowest BCUT2D eigenvalue weighted by atomic mass is 9.80. The number of benzene rings is 2. The number of hydrogen-bond acceptors (Lipinski definition) is 6. The molecule has 0 saturated heterocycles. The van der Waals surface area contributed by atoms with E-state index < -0.39 is 59.8 Å².